The fourth-order valence-corrected chi connectivity index (χ4v) is 3.15. The van der Waals surface area contributed by atoms with Crippen LogP contribution in [-0.4, -0.2) is 48.7 Å². The minimum atomic E-state index is -0.379. The first-order valence-electron chi connectivity index (χ1n) is 10.2. The van der Waals surface area contributed by atoms with Crippen LogP contribution in [-0.2, 0) is 11.3 Å². The lowest BCUT2D eigenvalue weighted by atomic mass is 10.1. The summed E-state index contributed by atoms with van der Waals surface area (Å²) in [5.41, 5.74) is 0.716. The highest BCUT2D eigenvalue weighted by Gasteiger charge is 2.23. The molecule has 2 aromatic heterocycles. The van der Waals surface area contributed by atoms with Crippen LogP contribution in [0.3, 0.4) is 0 Å². The molecule has 0 fully saturated rings. The number of benzene rings is 1. The van der Waals surface area contributed by atoms with Crippen molar-refractivity contribution in [2.45, 2.75) is 32.9 Å². The Morgan fingerprint density at radius 1 is 1.16 bits per heavy atom. The Kier molecular flexibility index (Phi) is 7.54. The van der Waals surface area contributed by atoms with Gasteiger partial charge in [0.2, 0.25) is 5.91 Å². The molecule has 9 heteroatoms. The number of amides is 2. The van der Waals surface area contributed by atoms with Crippen LogP contribution in [0, 0.1) is 0 Å². The molecule has 1 N–H and O–H groups in total. The van der Waals surface area contributed by atoms with Gasteiger partial charge in [-0.1, -0.05) is 5.16 Å². The molecule has 3 rings (SSSR count). The summed E-state index contributed by atoms with van der Waals surface area (Å²) in [6, 6.07) is 10.3. The van der Waals surface area contributed by atoms with Crippen LogP contribution in [0.4, 0.5) is 0 Å². The van der Waals surface area contributed by atoms with E-state index in [4.69, 9.17) is 18.4 Å². The topological polar surface area (TPSA) is 107 Å². The molecule has 0 radical (unpaired) electrons. The summed E-state index contributed by atoms with van der Waals surface area (Å²) in [7, 11) is 3.10. The van der Waals surface area contributed by atoms with Crippen LogP contribution in [0.25, 0.3) is 11.3 Å². The summed E-state index contributed by atoms with van der Waals surface area (Å²) >= 11 is 0. The fourth-order valence-electron chi connectivity index (χ4n) is 3.15. The number of hydrogen-bond acceptors (Lipinski definition) is 7. The summed E-state index contributed by atoms with van der Waals surface area (Å²) in [6.45, 7) is 4.16. The minimum Gasteiger partial charge on any atom is -0.497 e. The highest BCUT2D eigenvalue weighted by Crippen LogP contribution is 2.34. The summed E-state index contributed by atoms with van der Waals surface area (Å²) < 4.78 is 21.5. The normalized spacial score (nSPS) is 10.8. The molecule has 0 unspecified atom stereocenters. The standard InChI is InChI=1S/C23H27N3O6/c1-15(2)24-22(27)9-10-26(14-17-6-5-11-31-17)23(28)19-13-21(32-25-19)18-12-16(29-3)7-8-20(18)30-4/h5-8,11-13,15H,9-10,14H2,1-4H3,(H,24,27). The Morgan fingerprint density at radius 3 is 2.62 bits per heavy atom. The lowest BCUT2D eigenvalue weighted by Crippen LogP contribution is -2.36. The number of rotatable bonds is 10. The van der Waals surface area contributed by atoms with Gasteiger partial charge in [-0.15, -0.1) is 0 Å². The van der Waals surface area contributed by atoms with Crippen LogP contribution < -0.4 is 14.8 Å². The third-order valence-electron chi connectivity index (χ3n) is 4.67. The molecule has 2 amide bonds. The second kappa shape index (κ2) is 10.5. The van der Waals surface area contributed by atoms with Gasteiger partial charge in [0, 0.05) is 25.1 Å². The molecule has 0 saturated heterocycles. The van der Waals surface area contributed by atoms with Crippen LogP contribution in [0.15, 0.2) is 51.6 Å². The van der Waals surface area contributed by atoms with E-state index in [9.17, 15) is 9.59 Å². The van der Waals surface area contributed by atoms with Gasteiger partial charge in [0.15, 0.2) is 11.5 Å². The van der Waals surface area contributed by atoms with Crippen molar-refractivity contribution >= 4 is 11.8 Å². The summed E-state index contributed by atoms with van der Waals surface area (Å²) in [5, 5.41) is 6.78. The van der Waals surface area contributed by atoms with E-state index in [2.05, 4.69) is 10.5 Å². The van der Waals surface area contributed by atoms with Gasteiger partial charge < -0.3 is 28.6 Å². The lowest BCUT2D eigenvalue weighted by molar-refractivity contribution is -0.121. The Bertz CT molecular complexity index is 1040. The molecule has 170 valence electrons. The first-order valence-corrected chi connectivity index (χ1v) is 10.2. The zero-order valence-electron chi connectivity index (χ0n) is 18.6. The second-order valence-corrected chi connectivity index (χ2v) is 7.42. The minimum absolute atomic E-state index is 0.0210. The highest BCUT2D eigenvalue weighted by molar-refractivity contribution is 5.93. The number of ether oxygens (including phenoxy) is 2. The molecule has 0 aliphatic heterocycles. The van der Waals surface area contributed by atoms with E-state index in [1.54, 1.807) is 50.6 Å². The number of aromatic nitrogens is 1. The molecule has 0 saturated carbocycles. The quantitative estimate of drug-likeness (QED) is 0.513. The number of hydrogen-bond donors (Lipinski definition) is 1. The number of nitrogens with zero attached hydrogens (tertiary/aromatic N) is 2. The predicted octanol–water partition coefficient (Wildman–Crippen LogP) is 3.51. The zero-order chi connectivity index (χ0) is 23.1. The van der Waals surface area contributed by atoms with Gasteiger partial charge in [-0.05, 0) is 44.2 Å². The van der Waals surface area contributed by atoms with E-state index in [1.807, 2.05) is 13.8 Å². The number of furan rings is 1. The van der Waals surface area contributed by atoms with Crippen LogP contribution in [0.2, 0.25) is 0 Å². The summed E-state index contributed by atoms with van der Waals surface area (Å²) in [6.07, 6.45) is 1.69. The van der Waals surface area contributed by atoms with Crippen molar-refractivity contribution in [2.75, 3.05) is 20.8 Å². The number of methoxy groups -OCH3 is 2. The molecule has 1 aromatic carbocycles. The van der Waals surface area contributed by atoms with Gasteiger partial charge in [0.1, 0.15) is 17.3 Å². The average Bonchev–Trinajstić information content (AvgIpc) is 3.47. The third-order valence-corrected chi connectivity index (χ3v) is 4.67. The smallest absolute Gasteiger partial charge is 0.276 e. The van der Waals surface area contributed by atoms with E-state index < -0.39 is 0 Å². The SMILES string of the molecule is COc1ccc(OC)c(-c2cc(C(=O)N(CCC(=O)NC(C)C)Cc3ccco3)no2)c1. The first-order chi connectivity index (χ1) is 15.4. The Hall–Kier alpha value is -3.75. The third kappa shape index (κ3) is 5.69. The maximum absolute atomic E-state index is 13.2. The molecular weight excluding hydrogens is 414 g/mol. The van der Waals surface area contributed by atoms with Crippen molar-refractivity contribution < 1.29 is 28.0 Å². The zero-order valence-corrected chi connectivity index (χ0v) is 18.6. The molecular formula is C23H27N3O6. The number of carbonyl (C=O) groups excluding carboxylic acids is 2. The van der Waals surface area contributed by atoms with E-state index in [-0.39, 0.29) is 43.1 Å². The molecule has 0 bridgehead atoms. The van der Waals surface area contributed by atoms with Gasteiger partial charge in [-0.2, -0.15) is 0 Å². The first kappa shape index (κ1) is 22.9. The van der Waals surface area contributed by atoms with E-state index >= 15 is 0 Å². The number of nitrogens with one attached hydrogen (secondary N) is 1. The molecule has 2 heterocycles. The summed E-state index contributed by atoms with van der Waals surface area (Å²) in [5.74, 6) is 1.61. The van der Waals surface area contributed by atoms with Crippen LogP contribution >= 0.6 is 0 Å². The van der Waals surface area contributed by atoms with Gasteiger partial charge >= 0.3 is 0 Å². The lowest BCUT2D eigenvalue weighted by Gasteiger charge is -2.20. The van der Waals surface area contributed by atoms with Gasteiger partial charge in [-0.25, -0.2) is 0 Å². The molecule has 0 aliphatic rings. The fraction of sp³-hybridized carbons (Fsp3) is 0.348. The van der Waals surface area contributed by atoms with E-state index in [0.717, 1.165) is 0 Å². The Labute approximate surface area is 186 Å². The monoisotopic (exact) mass is 441 g/mol. The van der Waals surface area contributed by atoms with Crippen molar-refractivity contribution in [1.29, 1.82) is 0 Å². The maximum atomic E-state index is 13.2. The Balaban J connectivity index is 1.82. The molecule has 3 aromatic rings. The molecule has 0 aliphatic carbocycles. The largest absolute Gasteiger partial charge is 0.497 e. The Morgan fingerprint density at radius 2 is 1.97 bits per heavy atom. The van der Waals surface area contributed by atoms with Crippen molar-refractivity contribution in [3.8, 4) is 22.8 Å². The predicted molar refractivity (Wildman–Crippen MR) is 116 cm³/mol. The van der Waals surface area contributed by atoms with Crippen molar-refractivity contribution in [3.63, 3.8) is 0 Å². The summed E-state index contributed by atoms with van der Waals surface area (Å²) in [4.78, 5) is 26.8. The van der Waals surface area contributed by atoms with Crippen LogP contribution in [0.1, 0.15) is 36.5 Å². The molecule has 0 atom stereocenters. The van der Waals surface area contributed by atoms with Crippen molar-refractivity contribution in [3.05, 3.63) is 54.1 Å². The van der Waals surface area contributed by atoms with Gasteiger partial charge in [0.05, 0.1) is 32.6 Å². The molecule has 9 nitrogen and oxygen atoms in total. The van der Waals surface area contributed by atoms with E-state index in [0.29, 0.717) is 28.6 Å². The van der Waals surface area contributed by atoms with E-state index in [1.165, 1.54) is 11.2 Å². The highest BCUT2D eigenvalue weighted by atomic mass is 16.5. The van der Waals surface area contributed by atoms with Gasteiger partial charge in [-0.3, -0.25) is 9.59 Å². The van der Waals surface area contributed by atoms with Crippen molar-refractivity contribution in [2.24, 2.45) is 0 Å². The van der Waals surface area contributed by atoms with Crippen LogP contribution in [0.5, 0.6) is 11.5 Å². The molecule has 32 heavy (non-hydrogen) atoms. The second-order valence-electron chi connectivity index (χ2n) is 7.42. The number of carbonyl (C=O) groups is 2. The van der Waals surface area contributed by atoms with Gasteiger partial charge in [0.25, 0.3) is 5.91 Å². The average molecular weight is 441 g/mol. The molecule has 0 spiro atoms. The van der Waals surface area contributed by atoms with Crippen molar-refractivity contribution in [1.82, 2.24) is 15.4 Å². The maximum Gasteiger partial charge on any atom is 0.276 e.